The molecular weight excluding hydrogens is 308 g/mol. The summed E-state index contributed by atoms with van der Waals surface area (Å²) in [7, 11) is 0. The molecule has 0 aliphatic heterocycles. The molecule has 0 spiro atoms. The summed E-state index contributed by atoms with van der Waals surface area (Å²) < 4.78 is 6.49. The standard InChI is InChI=1S/C22H44N2O/c1-14-8-17(11-18(23)9-14)22(6,7)13-25-20-15(2)10-16(12-19(20)24)21(3,4)5/h14-20H,8-13,23-24H2,1-7H3/t14-,15-,16?,17?,18-,19+,20+/m0/s1. The Morgan fingerprint density at radius 1 is 0.840 bits per heavy atom. The van der Waals surface area contributed by atoms with E-state index in [-0.39, 0.29) is 17.6 Å². The van der Waals surface area contributed by atoms with Gasteiger partial charge in [0.05, 0.1) is 12.7 Å². The van der Waals surface area contributed by atoms with E-state index >= 15 is 0 Å². The molecule has 4 N–H and O–H groups in total. The van der Waals surface area contributed by atoms with Gasteiger partial charge >= 0.3 is 0 Å². The first-order valence-corrected chi connectivity index (χ1v) is 10.5. The van der Waals surface area contributed by atoms with Gasteiger partial charge in [-0.15, -0.1) is 0 Å². The molecule has 2 aliphatic rings. The summed E-state index contributed by atoms with van der Waals surface area (Å²) in [5.41, 5.74) is 13.4. The molecule has 0 radical (unpaired) electrons. The molecule has 0 amide bonds. The molecule has 0 aromatic rings. The lowest BCUT2D eigenvalue weighted by Gasteiger charge is -2.46. The van der Waals surface area contributed by atoms with Crippen molar-refractivity contribution in [1.82, 2.24) is 0 Å². The fraction of sp³-hybridized carbons (Fsp3) is 1.00. The minimum absolute atomic E-state index is 0.163. The first-order chi connectivity index (χ1) is 11.4. The van der Waals surface area contributed by atoms with Crippen LogP contribution in [0.1, 0.15) is 80.6 Å². The van der Waals surface area contributed by atoms with Crippen molar-refractivity contribution in [2.45, 2.75) is 98.8 Å². The van der Waals surface area contributed by atoms with Gasteiger partial charge in [0, 0.05) is 12.1 Å². The topological polar surface area (TPSA) is 61.3 Å². The highest BCUT2D eigenvalue weighted by atomic mass is 16.5. The zero-order chi connectivity index (χ0) is 19.0. The molecule has 7 atom stereocenters. The van der Waals surface area contributed by atoms with Gasteiger partial charge in [0.15, 0.2) is 0 Å². The largest absolute Gasteiger partial charge is 0.376 e. The van der Waals surface area contributed by atoms with Gasteiger partial charge in [0.25, 0.3) is 0 Å². The van der Waals surface area contributed by atoms with E-state index in [1.54, 1.807) is 0 Å². The van der Waals surface area contributed by atoms with Gasteiger partial charge in [-0.25, -0.2) is 0 Å². The maximum atomic E-state index is 6.56. The van der Waals surface area contributed by atoms with Gasteiger partial charge in [-0.3, -0.25) is 0 Å². The molecule has 0 aromatic heterocycles. The number of hydrogen-bond acceptors (Lipinski definition) is 3. The van der Waals surface area contributed by atoms with Gasteiger partial charge in [0.2, 0.25) is 0 Å². The third-order valence-corrected chi connectivity index (χ3v) is 7.15. The van der Waals surface area contributed by atoms with Crippen LogP contribution in [-0.2, 0) is 4.74 Å². The predicted molar refractivity (Wildman–Crippen MR) is 107 cm³/mol. The number of nitrogens with two attached hydrogens (primary N) is 2. The lowest BCUT2D eigenvalue weighted by atomic mass is 9.66. The van der Waals surface area contributed by atoms with E-state index < -0.39 is 0 Å². The molecule has 0 aromatic carbocycles. The van der Waals surface area contributed by atoms with Gasteiger partial charge in [0.1, 0.15) is 0 Å². The fourth-order valence-corrected chi connectivity index (χ4v) is 5.28. The lowest BCUT2D eigenvalue weighted by molar-refractivity contribution is -0.0855. The Balaban J connectivity index is 1.93. The molecule has 0 bridgehead atoms. The summed E-state index contributed by atoms with van der Waals surface area (Å²) in [5, 5.41) is 0. The Morgan fingerprint density at radius 3 is 2.00 bits per heavy atom. The van der Waals surface area contributed by atoms with Gasteiger partial charge in [-0.2, -0.15) is 0 Å². The van der Waals surface area contributed by atoms with E-state index in [0.717, 1.165) is 25.4 Å². The van der Waals surface area contributed by atoms with Crippen LogP contribution in [0.15, 0.2) is 0 Å². The van der Waals surface area contributed by atoms with Crippen molar-refractivity contribution in [1.29, 1.82) is 0 Å². The van der Waals surface area contributed by atoms with E-state index in [4.69, 9.17) is 16.2 Å². The summed E-state index contributed by atoms with van der Waals surface area (Å²) in [6, 6.07) is 0.521. The van der Waals surface area contributed by atoms with E-state index in [1.807, 2.05) is 0 Å². The van der Waals surface area contributed by atoms with Crippen LogP contribution in [0.3, 0.4) is 0 Å². The number of rotatable bonds is 4. The first-order valence-electron chi connectivity index (χ1n) is 10.5. The SMILES string of the molecule is C[C@H]1CC(C(C)(C)CO[C@H]2[C@H](N)CC(C(C)(C)C)C[C@@H]2C)C[C@@H](N)C1. The molecule has 2 unspecified atom stereocenters. The van der Waals surface area contributed by atoms with Crippen LogP contribution < -0.4 is 11.5 Å². The Bertz CT molecular complexity index is 406. The zero-order valence-corrected chi connectivity index (χ0v) is 17.8. The predicted octanol–water partition coefficient (Wildman–Crippen LogP) is 4.58. The second kappa shape index (κ2) is 7.86. The van der Waals surface area contributed by atoms with E-state index in [1.165, 1.54) is 19.3 Å². The van der Waals surface area contributed by atoms with Gasteiger partial charge in [-0.05, 0) is 66.6 Å². The average molecular weight is 353 g/mol. The van der Waals surface area contributed by atoms with Crippen molar-refractivity contribution in [2.75, 3.05) is 6.61 Å². The summed E-state index contributed by atoms with van der Waals surface area (Å²) in [6.07, 6.45) is 6.11. The third-order valence-electron chi connectivity index (χ3n) is 7.15. The molecule has 3 heteroatoms. The van der Waals surface area contributed by atoms with Crippen LogP contribution in [0.5, 0.6) is 0 Å². The van der Waals surface area contributed by atoms with Crippen LogP contribution >= 0.6 is 0 Å². The molecule has 2 fully saturated rings. The monoisotopic (exact) mass is 352 g/mol. The van der Waals surface area contributed by atoms with E-state index in [0.29, 0.717) is 29.2 Å². The number of ether oxygens (including phenoxy) is 1. The summed E-state index contributed by atoms with van der Waals surface area (Å²) in [4.78, 5) is 0. The van der Waals surface area contributed by atoms with Crippen LogP contribution in [0.4, 0.5) is 0 Å². The van der Waals surface area contributed by atoms with Crippen LogP contribution in [0, 0.1) is 34.5 Å². The van der Waals surface area contributed by atoms with Crippen molar-refractivity contribution in [3.63, 3.8) is 0 Å². The molecular formula is C22H44N2O. The molecule has 0 saturated heterocycles. The Morgan fingerprint density at radius 2 is 1.48 bits per heavy atom. The van der Waals surface area contributed by atoms with Crippen LogP contribution in [0.2, 0.25) is 0 Å². The second-order valence-corrected chi connectivity index (χ2v) is 11.2. The van der Waals surface area contributed by atoms with E-state index in [2.05, 4.69) is 48.5 Å². The van der Waals surface area contributed by atoms with Gasteiger partial charge in [-0.1, -0.05) is 48.5 Å². The molecule has 0 heterocycles. The highest BCUT2D eigenvalue weighted by molar-refractivity contribution is 4.93. The van der Waals surface area contributed by atoms with Crippen LogP contribution in [-0.4, -0.2) is 24.8 Å². The number of hydrogen-bond donors (Lipinski definition) is 2. The molecule has 2 aliphatic carbocycles. The van der Waals surface area contributed by atoms with Crippen molar-refractivity contribution in [3.05, 3.63) is 0 Å². The molecule has 2 saturated carbocycles. The van der Waals surface area contributed by atoms with Crippen molar-refractivity contribution < 1.29 is 4.74 Å². The van der Waals surface area contributed by atoms with Crippen molar-refractivity contribution in [3.8, 4) is 0 Å². The van der Waals surface area contributed by atoms with Crippen LogP contribution in [0.25, 0.3) is 0 Å². The lowest BCUT2D eigenvalue weighted by Crippen LogP contribution is -2.50. The molecule has 148 valence electrons. The maximum absolute atomic E-state index is 6.56. The van der Waals surface area contributed by atoms with Crippen molar-refractivity contribution in [2.24, 2.45) is 46.0 Å². The Kier molecular flexibility index (Phi) is 6.66. The minimum Gasteiger partial charge on any atom is -0.376 e. The summed E-state index contributed by atoms with van der Waals surface area (Å²) >= 11 is 0. The van der Waals surface area contributed by atoms with E-state index in [9.17, 15) is 0 Å². The highest BCUT2D eigenvalue weighted by Crippen LogP contribution is 2.43. The minimum atomic E-state index is 0.163. The molecule has 2 rings (SSSR count). The Labute approximate surface area is 156 Å². The Hall–Kier alpha value is -0.120. The maximum Gasteiger partial charge on any atom is 0.0751 e. The fourth-order valence-electron chi connectivity index (χ4n) is 5.28. The quantitative estimate of drug-likeness (QED) is 0.778. The molecule has 25 heavy (non-hydrogen) atoms. The average Bonchev–Trinajstić information content (AvgIpc) is 2.44. The zero-order valence-electron chi connectivity index (χ0n) is 17.8. The highest BCUT2D eigenvalue weighted by Gasteiger charge is 2.41. The first kappa shape index (κ1) is 21.2. The molecule has 3 nitrogen and oxygen atoms in total. The summed E-state index contributed by atoms with van der Waals surface area (Å²) in [5.74, 6) is 2.62. The van der Waals surface area contributed by atoms with Gasteiger partial charge < -0.3 is 16.2 Å². The smallest absolute Gasteiger partial charge is 0.0751 e. The third kappa shape index (κ3) is 5.43. The normalized spacial score (nSPS) is 40.9. The summed E-state index contributed by atoms with van der Waals surface area (Å²) in [6.45, 7) is 17.2. The second-order valence-electron chi connectivity index (χ2n) is 11.2. The van der Waals surface area contributed by atoms with Crippen molar-refractivity contribution >= 4 is 0 Å².